The highest BCUT2D eigenvalue weighted by Gasteiger charge is 2.40. The smallest absolute Gasteiger partial charge is 0.296 e. The van der Waals surface area contributed by atoms with Crippen LogP contribution in [0.2, 0.25) is 0 Å². The Morgan fingerprint density at radius 2 is 1.32 bits per heavy atom. The summed E-state index contributed by atoms with van der Waals surface area (Å²) in [6.45, 7) is -0.357. The van der Waals surface area contributed by atoms with Gasteiger partial charge in [-0.15, -0.1) is 0 Å². The molecule has 0 fully saturated rings. The third-order valence-corrected chi connectivity index (χ3v) is 8.47. The van der Waals surface area contributed by atoms with E-state index in [1.165, 1.54) is 12.1 Å². The number of nitrogens with two attached hydrogens (primary N) is 2. The number of fused-ring (bicyclic) bond motifs is 2. The van der Waals surface area contributed by atoms with E-state index in [9.17, 15) is 48.5 Å². The van der Waals surface area contributed by atoms with E-state index >= 15 is 0 Å². The molecule has 14 nitrogen and oxygen atoms in total. The molecule has 200 valence electrons. The molecule has 0 radical (unpaired) electrons. The summed E-state index contributed by atoms with van der Waals surface area (Å²) >= 11 is 0. The third-order valence-electron chi connectivity index (χ3n) is 5.68. The van der Waals surface area contributed by atoms with Gasteiger partial charge in [0.15, 0.2) is 11.6 Å². The Labute approximate surface area is 215 Å². The van der Waals surface area contributed by atoms with Crippen LogP contribution in [0.15, 0.2) is 57.2 Å². The molecule has 0 unspecified atom stereocenters. The fraction of sp³-hybridized carbons (Fsp3) is 0.0476. The van der Waals surface area contributed by atoms with Crippen LogP contribution in [-0.4, -0.2) is 50.5 Å². The van der Waals surface area contributed by atoms with Crippen LogP contribution in [0.1, 0.15) is 37.4 Å². The fourth-order valence-electron chi connectivity index (χ4n) is 4.18. The van der Waals surface area contributed by atoms with Gasteiger partial charge in [-0.1, -0.05) is 24.3 Å². The number of rotatable bonds is 6. The van der Waals surface area contributed by atoms with Crippen LogP contribution in [0, 0.1) is 0 Å². The van der Waals surface area contributed by atoms with E-state index in [-0.39, 0.29) is 17.8 Å². The Kier molecular flexibility index (Phi) is 6.43. The minimum Gasteiger partial charge on any atom is -0.397 e. The third kappa shape index (κ3) is 4.45. The summed E-state index contributed by atoms with van der Waals surface area (Å²) in [6.07, 6.45) is 0. The predicted molar refractivity (Wildman–Crippen MR) is 131 cm³/mol. The highest BCUT2D eigenvalue weighted by molar-refractivity contribution is 7.86. The van der Waals surface area contributed by atoms with Crippen LogP contribution >= 0.6 is 0 Å². The van der Waals surface area contributed by atoms with Gasteiger partial charge in [0.1, 0.15) is 14.7 Å². The number of nitrogen functional groups attached to an aromatic ring is 1. The minimum absolute atomic E-state index is 0.0673. The summed E-state index contributed by atoms with van der Waals surface area (Å²) < 4.78 is 101. The summed E-state index contributed by atoms with van der Waals surface area (Å²) in [5.74, 6) is -2.33. The number of hydrogen-bond donors (Lipinski definition) is 6. The van der Waals surface area contributed by atoms with E-state index in [2.05, 4.69) is 5.32 Å². The Hall–Kier alpha value is -3.71. The van der Waals surface area contributed by atoms with Gasteiger partial charge in [-0.3, -0.25) is 23.2 Å². The Bertz CT molecular complexity index is 1900. The Morgan fingerprint density at radius 3 is 1.87 bits per heavy atom. The quantitative estimate of drug-likeness (QED) is 0.137. The van der Waals surface area contributed by atoms with Gasteiger partial charge in [-0.25, -0.2) is 0 Å². The maximum Gasteiger partial charge on any atom is 0.296 e. The largest absolute Gasteiger partial charge is 0.397 e. The van der Waals surface area contributed by atoms with Gasteiger partial charge < -0.3 is 16.8 Å². The predicted octanol–water partition coefficient (Wildman–Crippen LogP) is 0.987. The van der Waals surface area contributed by atoms with Gasteiger partial charge in [0.05, 0.1) is 33.8 Å². The second kappa shape index (κ2) is 8.95. The molecule has 1 aliphatic carbocycles. The second-order valence-corrected chi connectivity index (χ2v) is 12.1. The van der Waals surface area contributed by atoms with Gasteiger partial charge in [0, 0.05) is 12.1 Å². The summed E-state index contributed by atoms with van der Waals surface area (Å²) in [7, 11) is -15.2. The molecule has 0 atom stereocenters. The van der Waals surface area contributed by atoms with Crippen LogP contribution in [0.25, 0.3) is 0 Å². The lowest BCUT2D eigenvalue weighted by Gasteiger charge is -2.25. The molecule has 4 rings (SSSR count). The van der Waals surface area contributed by atoms with E-state index in [0.29, 0.717) is 6.07 Å². The molecule has 3 aromatic carbocycles. The second-order valence-electron chi connectivity index (χ2n) is 7.97. The van der Waals surface area contributed by atoms with Crippen LogP contribution in [-0.2, 0) is 36.9 Å². The van der Waals surface area contributed by atoms with Crippen LogP contribution in [0.5, 0.6) is 0 Å². The van der Waals surface area contributed by atoms with Crippen molar-refractivity contribution in [2.45, 2.75) is 21.2 Å². The average Bonchev–Trinajstić information content (AvgIpc) is 2.80. The van der Waals surface area contributed by atoms with E-state index in [1.54, 1.807) is 0 Å². The molecule has 1 aliphatic rings. The first-order valence-corrected chi connectivity index (χ1v) is 14.5. The monoisotopic (exact) mass is 583 g/mol. The highest BCUT2D eigenvalue weighted by Crippen LogP contribution is 2.42. The molecule has 38 heavy (non-hydrogen) atoms. The fourth-order valence-corrected chi connectivity index (χ4v) is 6.42. The van der Waals surface area contributed by atoms with Gasteiger partial charge in [0.2, 0.25) is 0 Å². The maximum atomic E-state index is 13.5. The minimum atomic E-state index is -5.17. The van der Waals surface area contributed by atoms with E-state index in [1.807, 2.05) is 0 Å². The lowest BCUT2D eigenvalue weighted by molar-refractivity contribution is 0.0977. The van der Waals surface area contributed by atoms with Crippen molar-refractivity contribution in [3.05, 3.63) is 70.3 Å². The van der Waals surface area contributed by atoms with Crippen molar-refractivity contribution in [2.75, 3.05) is 11.1 Å². The molecule has 0 heterocycles. The van der Waals surface area contributed by atoms with Crippen LogP contribution in [0.4, 0.5) is 17.1 Å². The lowest BCUT2D eigenvalue weighted by Crippen LogP contribution is -2.27. The molecule has 8 N–H and O–H groups in total. The SMILES string of the molecule is NCc1cccc(Nc2cc(S(=O)(=O)O)c(N)c3c2C(=O)c2cccc(S(=O)(=O)O)c2C3=O)c1S(=O)(=O)O. The average molecular weight is 584 g/mol. The van der Waals surface area contributed by atoms with E-state index in [0.717, 1.165) is 24.3 Å². The van der Waals surface area contributed by atoms with Crippen molar-refractivity contribution in [3.63, 3.8) is 0 Å². The van der Waals surface area contributed by atoms with Crippen LogP contribution in [0.3, 0.4) is 0 Å². The first-order valence-electron chi connectivity index (χ1n) is 10.2. The van der Waals surface area contributed by atoms with Crippen molar-refractivity contribution in [2.24, 2.45) is 5.73 Å². The van der Waals surface area contributed by atoms with Crippen molar-refractivity contribution < 1.29 is 48.5 Å². The molecule has 0 saturated heterocycles. The number of anilines is 3. The highest BCUT2D eigenvalue weighted by atomic mass is 32.2. The molecule has 0 aliphatic heterocycles. The number of carbonyl (C=O) groups excluding carboxylic acids is 2. The molecule has 0 amide bonds. The molecular formula is C21H17N3O11S3. The molecule has 0 aromatic heterocycles. The number of hydrogen-bond acceptors (Lipinski definition) is 11. The van der Waals surface area contributed by atoms with Gasteiger partial charge in [-0.2, -0.15) is 25.3 Å². The molecular weight excluding hydrogens is 566 g/mol. The topological polar surface area (TPSA) is 261 Å². The van der Waals surface area contributed by atoms with Gasteiger partial charge in [0.25, 0.3) is 30.4 Å². The summed E-state index contributed by atoms with van der Waals surface area (Å²) in [5, 5.41) is 2.48. The van der Waals surface area contributed by atoms with Gasteiger partial charge in [-0.05, 0) is 23.8 Å². The molecule has 0 bridgehead atoms. The molecule has 0 spiro atoms. The number of benzene rings is 3. The zero-order valence-corrected chi connectivity index (χ0v) is 21.2. The number of carbonyl (C=O) groups is 2. The zero-order chi connectivity index (χ0) is 28.4. The van der Waals surface area contributed by atoms with E-state index < -0.39 is 90.2 Å². The van der Waals surface area contributed by atoms with Crippen molar-refractivity contribution >= 4 is 59.0 Å². The summed E-state index contributed by atoms with van der Waals surface area (Å²) in [6, 6.07) is 7.38. The Morgan fingerprint density at radius 1 is 0.711 bits per heavy atom. The summed E-state index contributed by atoms with van der Waals surface area (Å²) in [4.78, 5) is 24.3. The van der Waals surface area contributed by atoms with Gasteiger partial charge >= 0.3 is 0 Å². The zero-order valence-electron chi connectivity index (χ0n) is 18.7. The first-order chi connectivity index (χ1) is 17.5. The first kappa shape index (κ1) is 27.3. The van der Waals surface area contributed by atoms with Crippen LogP contribution < -0.4 is 16.8 Å². The summed E-state index contributed by atoms with van der Waals surface area (Å²) in [5.41, 5.74) is 6.80. The van der Waals surface area contributed by atoms with Crippen molar-refractivity contribution in [1.82, 2.24) is 0 Å². The van der Waals surface area contributed by atoms with E-state index in [4.69, 9.17) is 11.5 Å². The number of nitrogens with one attached hydrogen (secondary N) is 1. The Balaban J connectivity index is 2.11. The standard InChI is InChI=1S/C21H17N3O11S3/c22-8-9-3-1-5-11(21(9)38(33,34)35)24-12-7-14(37(30,31)32)18(23)17-16(12)19(25)10-4-2-6-13(36(27,28)29)15(10)20(17)26/h1-7,24H,8,22-23H2,(H,27,28,29)(H,30,31,32)(H,33,34,35). The normalized spacial score (nSPS) is 13.7. The molecule has 0 saturated carbocycles. The maximum absolute atomic E-state index is 13.5. The molecule has 17 heteroatoms. The van der Waals surface area contributed by atoms with Crippen molar-refractivity contribution in [3.8, 4) is 0 Å². The molecule has 3 aromatic rings. The lowest BCUT2D eigenvalue weighted by atomic mass is 9.82. The van der Waals surface area contributed by atoms with Crippen molar-refractivity contribution in [1.29, 1.82) is 0 Å². The number of ketones is 2.